The lowest BCUT2D eigenvalue weighted by Gasteiger charge is -2.44. The maximum absolute atomic E-state index is 11.7. The molecule has 3 rings (SSSR count). The van der Waals surface area contributed by atoms with E-state index in [1.807, 2.05) is 13.0 Å². The zero-order valence-electron chi connectivity index (χ0n) is 16.6. The van der Waals surface area contributed by atoms with Gasteiger partial charge in [0.1, 0.15) is 6.07 Å². The summed E-state index contributed by atoms with van der Waals surface area (Å²) in [6.07, 6.45) is 4.27. The highest BCUT2D eigenvalue weighted by Crippen LogP contribution is 2.57. The second-order valence-corrected chi connectivity index (χ2v) is 7.76. The van der Waals surface area contributed by atoms with Crippen molar-refractivity contribution in [3.8, 4) is 18.2 Å². The van der Waals surface area contributed by atoms with Crippen molar-refractivity contribution >= 4 is 5.69 Å². The van der Waals surface area contributed by atoms with Crippen molar-refractivity contribution in [3.63, 3.8) is 0 Å². The monoisotopic (exact) mass is 387 g/mol. The van der Waals surface area contributed by atoms with Gasteiger partial charge in [-0.1, -0.05) is 6.08 Å². The average molecular weight is 387 g/mol. The molecule has 7 heteroatoms. The molecular weight excluding hydrogens is 366 g/mol. The molecule has 2 N–H and O–H groups in total. The van der Waals surface area contributed by atoms with Crippen molar-refractivity contribution in [1.82, 2.24) is 0 Å². The Hall–Kier alpha value is -3.63. The smallest absolute Gasteiger partial charge is 0.275 e. The fraction of sp³-hybridized carbons (Fsp3) is 0.409. The Labute approximate surface area is 169 Å². The molecule has 2 aliphatic carbocycles. The Morgan fingerprint density at radius 3 is 2.41 bits per heavy atom. The second kappa shape index (κ2) is 7.08. The van der Waals surface area contributed by atoms with Crippen LogP contribution in [-0.4, -0.2) is 4.92 Å². The highest BCUT2D eigenvalue weighted by molar-refractivity contribution is 5.63. The zero-order valence-corrected chi connectivity index (χ0v) is 16.6. The maximum Gasteiger partial charge on any atom is 0.275 e. The number of hydrogen-bond donors (Lipinski definition) is 1. The molecule has 0 bridgehead atoms. The molecule has 0 aromatic heterocycles. The van der Waals surface area contributed by atoms with Crippen LogP contribution in [0.1, 0.15) is 47.4 Å². The molecule has 2 atom stereocenters. The molecule has 0 aliphatic heterocycles. The summed E-state index contributed by atoms with van der Waals surface area (Å²) in [7, 11) is 0. The number of benzene rings is 1. The Kier molecular flexibility index (Phi) is 4.91. The highest BCUT2D eigenvalue weighted by Gasteiger charge is 2.54. The summed E-state index contributed by atoms with van der Waals surface area (Å²) in [5, 5.41) is 41.7. The van der Waals surface area contributed by atoms with Crippen molar-refractivity contribution in [3.05, 3.63) is 61.4 Å². The normalized spacial score (nSPS) is 22.6. The van der Waals surface area contributed by atoms with Crippen LogP contribution < -0.4 is 5.73 Å². The topological polar surface area (TPSA) is 141 Å². The fourth-order valence-electron chi connectivity index (χ4n) is 5.13. The summed E-state index contributed by atoms with van der Waals surface area (Å²) in [6, 6.07) is 8.00. The summed E-state index contributed by atoms with van der Waals surface area (Å²) in [6.45, 7) is 5.18. The number of rotatable bonds is 2. The van der Waals surface area contributed by atoms with Crippen LogP contribution in [0.25, 0.3) is 0 Å². The highest BCUT2D eigenvalue weighted by atomic mass is 16.6. The van der Waals surface area contributed by atoms with Crippen LogP contribution in [0.2, 0.25) is 0 Å². The number of aryl methyl sites for hydroxylation is 2. The molecule has 0 fully saturated rings. The predicted octanol–water partition coefficient (Wildman–Crippen LogP) is 4.11. The number of nitrogens with zero attached hydrogens (tertiary/aromatic N) is 4. The van der Waals surface area contributed by atoms with Gasteiger partial charge in [0.15, 0.2) is 5.41 Å². The van der Waals surface area contributed by atoms with Crippen LogP contribution in [-0.2, 0) is 0 Å². The number of nitro benzene ring substituents is 1. The number of nitriles is 3. The molecule has 146 valence electrons. The number of nitro groups is 1. The molecule has 2 aliphatic rings. The van der Waals surface area contributed by atoms with Crippen LogP contribution in [0.15, 0.2) is 29.0 Å². The third-order valence-electron chi connectivity index (χ3n) is 6.28. The van der Waals surface area contributed by atoms with E-state index in [1.54, 1.807) is 19.9 Å². The average Bonchev–Trinajstić information content (AvgIpc) is 2.68. The summed E-state index contributed by atoms with van der Waals surface area (Å²) < 4.78 is 0. The van der Waals surface area contributed by atoms with E-state index < -0.39 is 16.3 Å². The SMILES string of the molecule is Cc1cc(C)c([N+](=O)[O-])c(C)c1C1C2CCCC=C2C(C#N)=C(N)C1(C#N)C#N. The number of fused-ring (bicyclic) bond motifs is 1. The molecule has 0 spiro atoms. The van der Waals surface area contributed by atoms with Crippen molar-refractivity contribution in [2.75, 3.05) is 0 Å². The van der Waals surface area contributed by atoms with Crippen molar-refractivity contribution in [2.24, 2.45) is 17.1 Å². The second-order valence-electron chi connectivity index (χ2n) is 7.76. The van der Waals surface area contributed by atoms with E-state index in [4.69, 9.17) is 5.73 Å². The van der Waals surface area contributed by atoms with E-state index in [0.717, 1.165) is 24.0 Å². The molecule has 2 unspecified atom stereocenters. The van der Waals surface area contributed by atoms with Crippen LogP contribution in [0.4, 0.5) is 5.69 Å². The molecule has 0 heterocycles. The fourth-order valence-corrected chi connectivity index (χ4v) is 5.13. The summed E-state index contributed by atoms with van der Waals surface area (Å²) in [5.74, 6) is -0.954. The van der Waals surface area contributed by atoms with Gasteiger partial charge in [0.2, 0.25) is 0 Å². The number of nitrogens with two attached hydrogens (primary N) is 1. The summed E-state index contributed by atoms with van der Waals surface area (Å²) >= 11 is 0. The molecule has 0 saturated heterocycles. The Bertz CT molecular complexity index is 1090. The summed E-state index contributed by atoms with van der Waals surface area (Å²) in [4.78, 5) is 11.3. The van der Waals surface area contributed by atoms with Gasteiger partial charge < -0.3 is 5.73 Å². The van der Waals surface area contributed by atoms with E-state index in [2.05, 4.69) is 18.2 Å². The lowest BCUT2D eigenvalue weighted by Crippen LogP contribution is -2.43. The molecular formula is C22H21N5O2. The van der Waals surface area contributed by atoms with Crippen LogP contribution in [0.3, 0.4) is 0 Å². The minimum Gasteiger partial charge on any atom is -0.399 e. The molecule has 1 aromatic carbocycles. The predicted molar refractivity (Wildman–Crippen MR) is 106 cm³/mol. The largest absolute Gasteiger partial charge is 0.399 e. The van der Waals surface area contributed by atoms with Crippen molar-refractivity contribution in [1.29, 1.82) is 15.8 Å². The minimum absolute atomic E-state index is 0.00894. The van der Waals surface area contributed by atoms with E-state index in [1.165, 1.54) is 0 Å². The van der Waals surface area contributed by atoms with Crippen molar-refractivity contribution in [2.45, 2.75) is 46.0 Å². The third-order valence-corrected chi connectivity index (χ3v) is 6.28. The molecule has 29 heavy (non-hydrogen) atoms. The van der Waals surface area contributed by atoms with Crippen molar-refractivity contribution < 1.29 is 4.92 Å². The Morgan fingerprint density at radius 1 is 1.21 bits per heavy atom. The van der Waals surface area contributed by atoms with E-state index in [0.29, 0.717) is 23.1 Å². The minimum atomic E-state index is -1.76. The van der Waals surface area contributed by atoms with Gasteiger partial charge in [-0.15, -0.1) is 0 Å². The van der Waals surface area contributed by atoms with E-state index >= 15 is 0 Å². The molecule has 0 radical (unpaired) electrons. The van der Waals surface area contributed by atoms with Crippen LogP contribution in [0.5, 0.6) is 0 Å². The molecule has 0 saturated carbocycles. The van der Waals surface area contributed by atoms with Gasteiger partial charge in [-0.05, 0) is 68.7 Å². The van der Waals surface area contributed by atoms with Gasteiger partial charge in [-0.25, -0.2) is 0 Å². The first kappa shape index (κ1) is 20.1. The standard InChI is InChI=1S/C22H21N5O2/c1-12-8-13(2)20(27(28)29)14(3)18(12)19-16-7-5-4-6-15(16)17(9-23)21(26)22(19,10-24)11-25/h6,8,16,19H,4-5,7,26H2,1-3H3. The van der Waals surface area contributed by atoms with Crippen LogP contribution in [0, 0.1) is 76.2 Å². The van der Waals surface area contributed by atoms with E-state index in [-0.39, 0.29) is 22.9 Å². The number of hydrogen-bond acceptors (Lipinski definition) is 6. The maximum atomic E-state index is 11.7. The van der Waals surface area contributed by atoms with Gasteiger partial charge in [0.05, 0.1) is 28.3 Å². The lowest BCUT2D eigenvalue weighted by atomic mass is 9.55. The number of allylic oxidation sites excluding steroid dienone is 4. The lowest BCUT2D eigenvalue weighted by molar-refractivity contribution is -0.386. The zero-order chi connectivity index (χ0) is 21.5. The van der Waals surface area contributed by atoms with Gasteiger partial charge in [-0.3, -0.25) is 10.1 Å². The summed E-state index contributed by atoms with van der Waals surface area (Å²) in [5.41, 5.74) is 7.80. The van der Waals surface area contributed by atoms with E-state index in [9.17, 15) is 25.9 Å². The Morgan fingerprint density at radius 2 is 1.86 bits per heavy atom. The van der Waals surface area contributed by atoms with Gasteiger partial charge in [-0.2, -0.15) is 15.8 Å². The van der Waals surface area contributed by atoms with Gasteiger partial charge >= 0.3 is 0 Å². The molecule has 7 nitrogen and oxygen atoms in total. The molecule has 0 amide bonds. The third kappa shape index (κ3) is 2.69. The first-order chi connectivity index (χ1) is 13.7. The first-order valence-corrected chi connectivity index (χ1v) is 9.43. The Balaban J connectivity index is 2.46. The van der Waals surface area contributed by atoms with Crippen LogP contribution >= 0.6 is 0 Å². The first-order valence-electron chi connectivity index (χ1n) is 9.43. The van der Waals surface area contributed by atoms with Gasteiger partial charge in [0.25, 0.3) is 5.69 Å². The quantitative estimate of drug-likeness (QED) is 0.598. The molecule has 1 aromatic rings. The van der Waals surface area contributed by atoms with Gasteiger partial charge in [0, 0.05) is 17.0 Å².